The molecule has 0 bridgehead atoms. The van der Waals surface area contributed by atoms with Crippen molar-refractivity contribution in [1.29, 1.82) is 0 Å². The topological polar surface area (TPSA) is 38.7 Å². The second kappa shape index (κ2) is 5.41. The zero-order valence-corrected chi connectivity index (χ0v) is 12.1. The van der Waals surface area contributed by atoms with Crippen LogP contribution >= 0.6 is 11.8 Å². The van der Waals surface area contributed by atoms with E-state index in [0.717, 1.165) is 23.3 Å². The van der Waals surface area contributed by atoms with Crippen molar-refractivity contribution in [3.05, 3.63) is 22.8 Å². The first-order valence-electron chi connectivity index (χ1n) is 6.12. The molecule has 2 atom stereocenters. The van der Waals surface area contributed by atoms with Crippen LogP contribution in [-0.4, -0.2) is 24.6 Å². The van der Waals surface area contributed by atoms with Gasteiger partial charge in [-0.1, -0.05) is 6.92 Å². The number of benzene rings is 1. The Kier molecular flexibility index (Phi) is 4.07. The normalized spacial score (nSPS) is 23.2. The van der Waals surface area contributed by atoms with Crippen molar-refractivity contribution >= 4 is 11.8 Å². The molecule has 0 amide bonds. The molecule has 0 fully saturated rings. The molecular formula is C14H20O3S. The van der Waals surface area contributed by atoms with E-state index in [2.05, 4.69) is 13.8 Å². The molecule has 0 radical (unpaired) electrons. The molecule has 1 aromatic carbocycles. The van der Waals surface area contributed by atoms with E-state index in [1.807, 2.05) is 17.8 Å². The lowest BCUT2D eigenvalue weighted by molar-refractivity contribution is 0.163. The monoisotopic (exact) mass is 268 g/mol. The number of aryl methyl sites for hydroxylation is 1. The predicted molar refractivity (Wildman–Crippen MR) is 74.6 cm³/mol. The molecule has 18 heavy (non-hydrogen) atoms. The Morgan fingerprint density at radius 3 is 2.67 bits per heavy atom. The van der Waals surface area contributed by atoms with Crippen LogP contribution in [0, 0.1) is 6.92 Å². The summed E-state index contributed by atoms with van der Waals surface area (Å²) >= 11 is 1.88. The molecule has 0 aromatic heterocycles. The van der Waals surface area contributed by atoms with Gasteiger partial charge in [-0.2, -0.15) is 11.8 Å². The van der Waals surface area contributed by atoms with Gasteiger partial charge in [-0.3, -0.25) is 0 Å². The molecule has 1 aliphatic rings. The van der Waals surface area contributed by atoms with Crippen LogP contribution in [0.2, 0.25) is 0 Å². The van der Waals surface area contributed by atoms with Gasteiger partial charge in [0.2, 0.25) is 0 Å². The van der Waals surface area contributed by atoms with Gasteiger partial charge in [0.05, 0.1) is 20.3 Å². The number of hydrogen-bond donors (Lipinski definition) is 1. The van der Waals surface area contributed by atoms with E-state index in [0.29, 0.717) is 16.7 Å². The molecule has 1 aromatic rings. The van der Waals surface area contributed by atoms with Gasteiger partial charge in [-0.25, -0.2) is 0 Å². The molecule has 1 heterocycles. The molecule has 0 saturated heterocycles. The highest BCUT2D eigenvalue weighted by Gasteiger charge is 2.28. The van der Waals surface area contributed by atoms with Gasteiger partial charge in [0.1, 0.15) is 0 Å². The van der Waals surface area contributed by atoms with Crippen LogP contribution < -0.4 is 9.47 Å². The Bertz CT molecular complexity index is 445. The average molecular weight is 268 g/mol. The molecule has 0 spiro atoms. The molecule has 1 N–H and O–H groups in total. The summed E-state index contributed by atoms with van der Waals surface area (Å²) < 4.78 is 10.8. The number of aliphatic hydroxyl groups excluding tert-OH is 1. The summed E-state index contributed by atoms with van der Waals surface area (Å²) in [4.78, 5) is 0. The number of thioether (sulfide) groups is 1. The van der Waals surface area contributed by atoms with Crippen molar-refractivity contribution in [2.24, 2.45) is 0 Å². The Morgan fingerprint density at radius 2 is 2.06 bits per heavy atom. The van der Waals surface area contributed by atoms with Gasteiger partial charge < -0.3 is 14.6 Å². The summed E-state index contributed by atoms with van der Waals surface area (Å²) in [6, 6.07) is 1.99. The second-order valence-electron chi connectivity index (χ2n) is 4.69. The average Bonchev–Trinajstić information content (AvgIpc) is 2.49. The Morgan fingerprint density at radius 1 is 1.33 bits per heavy atom. The molecular weight excluding hydrogens is 248 g/mol. The minimum absolute atomic E-state index is 0.447. The maximum absolute atomic E-state index is 10.4. The van der Waals surface area contributed by atoms with Gasteiger partial charge in [-0.15, -0.1) is 0 Å². The van der Waals surface area contributed by atoms with Crippen molar-refractivity contribution < 1.29 is 14.6 Å². The van der Waals surface area contributed by atoms with Crippen LogP contribution in [0.15, 0.2) is 6.07 Å². The molecule has 4 heteroatoms. The van der Waals surface area contributed by atoms with Crippen molar-refractivity contribution in [3.8, 4) is 11.5 Å². The second-order valence-corrected chi connectivity index (χ2v) is 6.12. The van der Waals surface area contributed by atoms with Gasteiger partial charge >= 0.3 is 0 Å². The lowest BCUT2D eigenvalue weighted by Gasteiger charge is -2.20. The van der Waals surface area contributed by atoms with Crippen LogP contribution in [0.4, 0.5) is 0 Å². The fourth-order valence-corrected chi connectivity index (χ4v) is 3.62. The van der Waals surface area contributed by atoms with Crippen molar-refractivity contribution in [2.45, 2.75) is 37.4 Å². The Labute approximate surface area is 112 Å². The Balaban J connectivity index is 2.62. The van der Waals surface area contributed by atoms with Gasteiger partial charge in [-0.05, 0) is 30.5 Å². The number of methoxy groups -OCH3 is 2. The van der Waals surface area contributed by atoms with E-state index >= 15 is 0 Å². The van der Waals surface area contributed by atoms with Crippen LogP contribution in [0.1, 0.15) is 36.1 Å². The quantitative estimate of drug-likeness (QED) is 0.894. The minimum Gasteiger partial charge on any atom is -0.493 e. The zero-order valence-electron chi connectivity index (χ0n) is 11.3. The lowest BCUT2D eigenvalue weighted by Crippen LogP contribution is -2.07. The number of hydrogen-bond acceptors (Lipinski definition) is 4. The number of rotatable bonds is 2. The smallest absolute Gasteiger partial charge is 0.166 e. The van der Waals surface area contributed by atoms with Gasteiger partial charge in [0.15, 0.2) is 11.5 Å². The lowest BCUT2D eigenvalue weighted by atomic mass is 9.95. The zero-order chi connectivity index (χ0) is 13.3. The first-order chi connectivity index (χ1) is 8.58. The summed E-state index contributed by atoms with van der Waals surface area (Å²) in [6.07, 6.45) is 0.273. The molecule has 0 aliphatic carbocycles. The molecule has 100 valence electrons. The molecule has 0 saturated carbocycles. The van der Waals surface area contributed by atoms with E-state index in [9.17, 15) is 5.11 Å². The van der Waals surface area contributed by atoms with E-state index in [1.54, 1.807) is 14.2 Å². The highest BCUT2D eigenvalue weighted by atomic mass is 32.2. The first kappa shape index (κ1) is 13.6. The summed E-state index contributed by atoms with van der Waals surface area (Å²) in [5, 5.41) is 10.9. The first-order valence-corrected chi connectivity index (χ1v) is 7.17. The summed E-state index contributed by atoms with van der Waals surface area (Å²) in [6.45, 7) is 4.21. The number of ether oxygens (including phenoxy) is 2. The highest BCUT2D eigenvalue weighted by Crippen LogP contribution is 2.45. The van der Waals surface area contributed by atoms with E-state index < -0.39 is 6.10 Å². The van der Waals surface area contributed by atoms with Crippen LogP contribution in [0.5, 0.6) is 11.5 Å². The van der Waals surface area contributed by atoms with E-state index in [4.69, 9.17) is 9.47 Å². The minimum atomic E-state index is -0.478. The number of aliphatic hydroxyl groups is 1. The van der Waals surface area contributed by atoms with Crippen LogP contribution in [-0.2, 0) is 5.75 Å². The van der Waals surface area contributed by atoms with Crippen LogP contribution in [0.3, 0.4) is 0 Å². The van der Waals surface area contributed by atoms with E-state index in [-0.39, 0.29) is 0 Å². The van der Waals surface area contributed by atoms with Gasteiger partial charge in [0.25, 0.3) is 0 Å². The van der Waals surface area contributed by atoms with Crippen LogP contribution in [0.25, 0.3) is 0 Å². The molecule has 1 unspecified atom stereocenters. The largest absolute Gasteiger partial charge is 0.493 e. The van der Waals surface area contributed by atoms with Gasteiger partial charge in [0, 0.05) is 16.6 Å². The third-order valence-corrected chi connectivity index (χ3v) is 4.66. The van der Waals surface area contributed by atoms with E-state index in [1.165, 1.54) is 5.56 Å². The standard InChI is InChI=1S/C14H20O3S/c1-8-5-12(16-3)14(17-4)13-10(8)7-18-9(2)6-11(13)15/h5,9,11,15H,6-7H2,1-4H3/t9?,11-/m0/s1. The molecule has 2 rings (SSSR count). The Hall–Kier alpha value is -0.870. The van der Waals surface area contributed by atoms with Crippen molar-refractivity contribution in [3.63, 3.8) is 0 Å². The summed E-state index contributed by atoms with van der Waals surface area (Å²) in [7, 11) is 3.26. The molecule has 1 aliphatic heterocycles. The SMILES string of the molecule is COc1cc(C)c2c(c1OC)[C@@H](O)CC(C)SC2. The van der Waals surface area contributed by atoms with Crippen molar-refractivity contribution in [1.82, 2.24) is 0 Å². The summed E-state index contributed by atoms with van der Waals surface area (Å²) in [5.41, 5.74) is 3.25. The summed E-state index contributed by atoms with van der Waals surface area (Å²) in [5.74, 6) is 2.30. The highest BCUT2D eigenvalue weighted by molar-refractivity contribution is 7.99. The molecule has 3 nitrogen and oxygen atoms in total. The maximum Gasteiger partial charge on any atom is 0.166 e. The van der Waals surface area contributed by atoms with Crippen molar-refractivity contribution in [2.75, 3.05) is 14.2 Å². The fourth-order valence-electron chi connectivity index (χ4n) is 2.46. The predicted octanol–water partition coefficient (Wildman–Crippen LogP) is 3.07. The third-order valence-electron chi connectivity index (χ3n) is 3.44. The fraction of sp³-hybridized carbons (Fsp3) is 0.571. The third kappa shape index (κ3) is 2.31. The number of fused-ring (bicyclic) bond motifs is 1. The maximum atomic E-state index is 10.4.